The van der Waals surface area contributed by atoms with Crippen molar-refractivity contribution in [2.75, 3.05) is 18.5 Å². The fraction of sp³-hybridized carbons (Fsp3) is 0.556. The molecular formula is C18H24N3O4+. The fourth-order valence-corrected chi connectivity index (χ4v) is 3.94. The van der Waals surface area contributed by atoms with Crippen LogP contribution in [-0.2, 0) is 9.59 Å². The molecule has 25 heavy (non-hydrogen) atoms. The normalized spacial score (nSPS) is 27.8. The number of piperazine rings is 1. The molecule has 2 amide bonds. The van der Waals surface area contributed by atoms with Crippen LogP contribution in [0.25, 0.3) is 0 Å². The SMILES string of the molecule is O=C(C[C@@H]1[NH2+][C@@H]2CCCC[C@@H]2NC1=O)Nc1ccc2c(c1)OCCO2. The Kier molecular flexibility index (Phi) is 4.48. The number of carbonyl (C=O) groups excluding carboxylic acids is 2. The number of nitrogens with one attached hydrogen (secondary N) is 2. The van der Waals surface area contributed by atoms with Gasteiger partial charge in [-0.3, -0.25) is 9.59 Å². The van der Waals surface area contributed by atoms with Crippen LogP contribution >= 0.6 is 0 Å². The first-order valence-corrected chi connectivity index (χ1v) is 9.04. The van der Waals surface area contributed by atoms with Gasteiger partial charge in [0.1, 0.15) is 19.3 Å². The van der Waals surface area contributed by atoms with Gasteiger partial charge in [-0.15, -0.1) is 0 Å². The highest BCUT2D eigenvalue weighted by molar-refractivity contribution is 5.95. The third-order valence-corrected chi connectivity index (χ3v) is 5.19. The van der Waals surface area contributed by atoms with E-state index in [1.54, 1.807) is 18.2 Å². The molecule has 4 N–H and O–H groups in total. The Morgan fingerprint density at radius 2 is 2.00 bits per heavy atom. The molecule has 2 fully saturated rings. The van der Waals surface area contributed by atoms with E-state index in [4.69, 9.17) is 9.47 Å². The van der Waals surface area contributed by atoms with Gasteiger partial charge in [0.05, 0.1) is 12.5 Å². The molecule has 1 aromatic rings. The monoisotopic (exact) mass is 346 g/mol. The molecule has 0 bridgehead atoms. The highest BCUT2D eigenvalue weighted by Crippen LogP contribution is 2.32. The summed E-state index contributed by atoms with van der Waals surface area (Å²) in [5.41, 5.74) is 0.654. The lowest BCUT2D eigenvalue weighted by atomic mass is 9.87. The van der Waals surface area contributed by atoms with Crippen molar-refractivity contribution in [3.8, 4) is 11.5 Å². The van der Waals surface area contributed by atoms with E-state index in [-0.39, 0.29) is 30.3 Å². The van der Waals surface area contributed by atoms with E-state index in [2.05, 4.69) is 16.0 Å². The summed E-state index contributed by atoms with van der Waals surface area (Å²) in [6.07, 6.45) is 4.69. The standard InChI is InChI=1S/C18H23N3O4/c22-17(19-11-5-6-15-16(9-11)25-8-7-24-15)10-14-18(23)21-13-4-2-1-3-12(13)20-14/h5-6,9,12-14,20H,1-4,7-8,10H2,(H,19,22)(H,21,23)/p+1/t12-,13+,14+/m1/s1. The maximum absolute atomic E-state index is 12.4. The molecule has 7 heteroatoms. The number of anilines is 1. The summed E-state index contributed by atoms with van der Waals surface area (Å²) < 4.78 is 11.0. The molecule has 4 rings (SSSR count). The highest BCUT2D eigenvalue weighted by Gasteiger charge is 2.40. The van der Waals surface area contributed by atoms with Crippen molar-refractivity contribution in [2.45, 2.75) is 50.2 Å². The molecule has 7 nitrogen and oxygen atoms in total. The highest BCUT2D eigenvalue weighted by atomic mass is 16.6. The minimum Gasteiger partial charge on any atom is -0.486 e. The third kappa shape index (κ3) is 3.56. The van der Waals surface area contributed by atoms with E-state index < -0.39 is 0 Å². The number of amides is 2. The lowest BCUT2D eigenvalue weighted by molar-refractivity contribution is -0.718. The van der Waals surface area contributed by atoms with Gasteiger partial charge in [0.15, 0.2) is 17.5 Å². The zero-order chi connectivity index (χ0) is 17.2. The Bertz CT molecular complexity index is 678. The molecule has 1 aromatic carbocycles. The fourth-order valence-electron chi connectivity index (χ4n) is 3.94. The van der Waals surface area contributed by atoms with Gasteiger partial charge < -0.3 is 25.4 Å². The molecule has 3 aliphatic rings. The molecule has 2 heterocycles. The summed E-state index contributed by atoms with van der Waals surface area (Å²) in [7, 11) is 0. The van der Waals surface area contributed by atoms with Gasteiger partial charge >= 0.3 is 0 Å². The van der Waals surface area contributed by atoms with Crippen LogP contribution < -0.4 is 25.4 Å². The number of benzene rings is 1. The Morgan fingerprint density at radius 1 is 1.20 bits per heavy atom. The van der Waals surface area contributed by atoms with Crippen LogP contribution in [0, 0.1) is 0 Å². The van der Waals surface area contributed by atoms with Crippen LogP contribution in [0.5, 0.6) is 11.5 Å². The number of rotatable bonds is 3. The quantitative estimate of drug-likeness (QED) is 0.727. The van der Waals surface area contributed by atoms with Gasteiger partial charge in [-0.1, -0.05) is 6.42 Å². The maximum Gasteiger partial charge on any atom is 0.279 e. The first-order valence-electron chi connectivity index (χ1n) is 9.04. The smallest absolute Gasteiger partial charge is 0.279 e. The molecule has 0 radical (unpaired) electrons. The van der Waals surface area contributed by atoms with Gasteiger partial charge in [-0.25, -0.2) is 0 Å². The molecule has 1 aliphatic carbocycles. The second-order valence-electron chi connectivity index (χ2n) is 6.97. The number of nitrogens with two attached hydrogens (primary N) is 1. The van der Waals surface area contributed by atoms with Crippen LogP contribution in [-0.4, -0.2) is 43.2 Å². The third-order valence-electron chi connectivity index (χ3n) is 5.19. The predicted molar refractivity (Wildman–Crippen MR) is 90.6 cm³/mol. The van der Waals surface area contributed by atoms with E-state index in [0.29, 0.717) is 36.4 Å². The number of carbonyl (C=O) groups is 2. The van der Waals surface area contributed by atoms with Crippen LogP contribution in [0.3, 0.4) is 0 Å². The van der Waals surface area contributed by atoms with Crippen molar-refractivity contribution in [3.63, 3.8) is 0 Å². The topological polar surface area (TPSA) is 93.3 Å². The minimum absolute atomic E-state index is 0.0273. The molecule has 3 atom stereocenters. The zero-order valence-electron chi connectivity index (χ0n) is 14.1. The molecule has 1 saturated carbocycles. The number of quaternary nitrogens is 1. The second kappa shape index (κ2) is 6.92. The summed E-state index contributed by atoms with van der Waals surface area (Å²) in [5.74, 6) is 1.13. The Balaban J connectivity index is 1.36. The lowest BCUT2D eigenvalue weighted by Crippen LogP contribution is -3.03. The maximum atomic E-state index is 12.4. The van der Waals surface area contributed by atoms with Crippen molar-refractivity contribution in [1.82, 2.24) is 5.32 Å². The predicted octanol–water partition coefficient (Wildman–Crippen LogP) is 0.159. The van der Waals surface area contributed by atoms with Crippen LogP contribution in [0.4, 0.5) is 5.69 Å². The first kappa shape index (κ1) is 16.2. The minimum atomic E-state index is -0.350. The summed E-state index contributed by atoms with van der Waals surface area (Å²) in [6, 6.07) is 5.64. The van der Waals surface area contributed by atoms with E-state index in [9.17, 15) is 9.59 Å². The van der Waals surface area contributed by atoms with Crippen LogP contribution in [0.2, 0.25) is 0 Å². The van der Waals surface area contributed by atoms with Gasteiger partial charge in [-0.2, -0.15) is 0 Å². The van der Waals surface area contributed by atoms with Gasteiger partial charge in [0.2, 0.25) is 5.91 Å². The largest absolute Gasteiger partial charge is 0.486 e. The average molecular weight is 346 g/mol. The zero-order valence-corrected chi connectivity index (χ0v) is 14.1. The van der Waals surface area contributed by atoms with Gasteiger partial charge in [-0.05, 0) is 25.0 Å². The molecule has 0 aromatic heterocycles. The molecule has 134 valence electrons. The van der Waals surface area contributed by atoms with Crippen molar-refractivity contribution in [3.05, 3.63) is 18.2 Å². The Morgan fingerprint density at radius 3 is 2.88 bits per heavy atom. The number of ether oxygens (including phenoxy) is 2. The van der Waals surface area contributed by atoms with E-state index in [1.807, 2.05) is 0 Å². The lowest BCUT2D eigenvalue weighted by Gasteiger charge is -2.37. The van der Waals surface area contributed by atoms with Crippen molar-refractivity contribution in [2.24, 2.45) is 0 Å². The summed E-state index contributed by atoms with van der Waals surface area (Å²) in [5, 5.41) is 8.04. The van der Waals surface area contributed by atoms with Gasteiger partial charge in [0, 0.05) is 18.2 Å². The van der Waals surface area contributed by atoms with Gasteiger partial charge in [0.25, 0.3) is 5.91 Å². The molecular weight excluding hydrogens is 322 g/mol. The second-order valence-corrected chi connectivity index (χ2v) is 6.97. The summed E-state index contributed by atoms with van der Waals surface area (Å²) in [4.78, 5) is 24.6. The van der Waals surface area contributed by atoms with E-state index in [0.717, 1.165) is 12.8 Å². The van der Waals surface area contributed by atoms with Crippen LogP contribution in [0.1, 0.15) is 32.1 Å². The van der Waals surface area contributed by atoms with Crippen molar-refractivity contribution >= 4 is 17.5 Å². The first-order chi connectivity index (χ1) is 12.2. The summed E-state index contributed by atoms with van der Waals surface area (Å²) >= 11 is 0. The summed E-state index contributed by atoms with van der Waals surface area (Å²) in [6.45, 7) is 1.04. The molecule has 0 unspecified atom stereocenters. The number of hydrogen-bond acceptors (Lipinski definition) is 4. The van der Waals surface area contributed by atoms with Crippen molar-refractivity contribution in [1.29, 1.82) is 0 Å². The average Bonchev–Trinajstić information content (AvgIpc) is 2.62. The molecule has 2 aliphatic heterocycles. The van der Waals surface area contributed by atoms with Crippen molar-refractivity contribution < 1.29 is 24.4 Å². The van der Waals surface area contributed by atoms with Crippen LogP contribution in [0.15, 0.2) is 18.2 Å². The molecule has 1 saturated heterocycles. The van der Waals surface area contributed by atoms with E-state index in [1.165, 1.54) is 12.8 Å². The number of fused-ring (bicyclic) bond motifs is 2. The van der Waals surface area contributed by atoms with E-state index >= 15 is 0 Å². The Labute approximate surface area is 146 Å². The number of hydrogen-bond donors (Lipinski definition) is 3. The Hall–Kier alpha value is -2.28. The molecule has 0 spiro atoms.